The Morgan fingerprint density at radius 2 is 1.50 bits per heavy atom. The van der Waals surface area contributed by atoms with Crippen LogP contribution in [0.5, 0.6) is 0 Å². The number of rotatable bonds is 1. The van der Waals surface area contributed by atoms with E-state index in [1.165, 1.54) is 0 Å². The third-order valence-corrected chi connectivity index (χ3v) is 0.352. The summed E-state index contributed by atoms with van der Waals surface area (Å²) in [5.41, 5.74) is 0. The van der Waals surface area contributed by atoms with Crippen LogP contribution >= 0.6 is 0 Å². The minimum absolute atomic E-state index is 0.833. The first kappa shape index (κ1) is 13.3. The smallest absolute Gasteiger partial charge is 0.399 e. The minimum atomic E-state index is -4.58. The van der Waals surface area contributed by atoms with Gasteiger partial charge < -0.3 is 10.2 Å². The van der Waals surface area contributed by atoms with Crippen molar-refractivity contribution in [3.8, 4) is 0 Å². The van der Waals surface area contributed by atoms with Crippen LogP contribution in [-0.4, -0.2) is 28.3 Å². The van der Waals surface area contributed by atoms with Crippen LogP contribution in [0.1, 0.15) is 13.3 Å². The number of halogens is 3. The van der Waals surface area contributed by atoms with Crippen molar-refractivity contribution in [1.29, 1.82) is 0 Å². The van der Waals surface area contributed by atoms with Crippen LogP contribution in [0.15, 0.2) is 0 Å². The molecule has 0 bridgehead atoms. The lowest BCUT2D eigenvalue weighted by Gasteiger charge is -1.98. The van der Waals surface area contributed by atoms with Gasteiger partial charge in [-0.25, -0.2) is 0 Å². The van der Waals surface area contributed by atoms with Crippen LogP contribution < -0.4 is 0 Å². The maximum Gasteiger partial charge on any atom is 0.399 e. The molecular weight excluding hydrogens is 181 g/mol. The van der Waals surface area contributed by atoms with Crippen LogP contribution in [0, 0.1) is 0 Å². The van der Waals surface area contributed by atoms with E-state index in [-0.39, 0.29) is 0 Å². The van der Waals surface area contributed by atoms with E-state index in [4.69, 9.17) is 15.0 Å². The molecule has 72 valence electrons. The molecule has 0 aromatic heterocycles. The van der Waals surface area contributed by atoms with Crippen molar-refractivity contribution in [2.24, 2.45) is 0 Å². The Morgan fingerprint density at radius 1 is 1.25 bits per heavy atom. The zero-order valence-electron chi connectivity index (χ0n) is 6.05. The summed E-state index contributed by atoms with van der Waals surface area (Å²) in [6, 6.07) is 0. The molecule has 0 atom stereocenters. The molecule has 0 unspecified atom stereocenters. The first-order chi connectivity index (χ1) is 5.15. The highest BCUT2D eigenvalue weighted by Gasteiger charge is 2.30. The summed E-state index contributed by atoms with van der Waals surface area (Å²) >= 11 is 0. The molecule has 0 saturated carbocycles. The van der Waals surface area contributed by atoms with Crippen molar-refractivity contribution in [1.82, 2.24) is 0 Å². The number of alkyl halides is 3. The molecule has 0 rings (SSSR count). The van der Waals surface area contributed by atoms with Crippen molar-refractivity contribution < 1.29 is 33.0 Å². The Morgan fingerprint density at radius 3 is 1.50 bits per heavy atom. The zero-order valence-corrected chi connectivity index (χ0v) is 6.05. The summed E-state index contributed by atoms with van der Waals surface area (Å²) in [5.74, 6) is -2.68. The van der Waals surface area contributed by atoms with E-state index in [0.717, 1.165) is 6.92 Å². The molecule has 0 spiro atoms. The van der Waals surface area contributed by atoms with Crippen LogP contribution in [0.3, 0.4) is 0 Å². The second-order valence-corrected chi connectivity index (χ2v) is 1.70. The van der Waals surface area contributed by atoms with E-state index in [2.05, 4.69) is 0 Å². The molecule has 0 aliphatic rings. The monoisotopic (exact) mass is 188 g/mol. The summed E-state index contributed by atoms with van der Waals surface area (Å²) in [7, 11) is 0. The van der Waals surface area contributed by atoms with Gasteiger partial charge >= 0.3 is 12.1 Å². The molecule has 4 nitrogen and oxygen atoms in total. The highest BCUT2D eigenvalue weighted by molar-refractivity contribution is 5.67. The second kappa shape index (κ2) is 5.39. The standard InChI is InChI=1S/C3H3F3O2.C2H4O2/c4-3(5,6)1-2(7)8;1-2(3)4/h1H2,(H,7,8);1H3,(H,3,4). The Kier molecular flexibility index (Phi) is 5.99. The average Bonchev–Trinajstić information content (AvgIpc) is 1.52. The molecule has 2 N–H and O–H groups in total. The van der Waals surface area contributed by atoms with Gasteiger partial charge in [0.15, 0.2) is 0 Å². The highest BCUT2D eigenvalue weighted by atomic mass is 19.4. The fourth-order valence-corrected chi connectivity index (χ4v) is 0.171. The highest BCUT2D eigenvalue weighted by Crippen LogP contribution is 2.18. The lowest BCUT2D eigenvalue weighted by Crippen LogP contribution is -2.13. The van der Waals surface area contributed by atoms with E-state index >= 15 is 0 Å². The van der Waals surface area contributed by atoms with Crippen molar-refractivity contribution in [2.75, 3.05) is 0 Å². The number of carboxylic acids is 2. The predicted octanol–water partition coefficient (Wildman–Crippen LogP) is 1.11. The fourth-order valence-electron chi connectivity index (χ4n) is 0.171. The minimum Gasteiger partial charge on any atom is -0.481 e. The molecule has 0 aliphatic carbocycles. The zero-order chi connectivity index (χ0) is 10.4. The predicted molar refractivity (Wildman–Crippen MR) is 31.6 cm³/mol. The third-order valence-electron chi connectivity index (χ3n) is 0.352. The summed E-state index contributed by atoms with van der Waals surface area (Å²) < 4.78 is 32.8. The van der Waals surface area contributed by atoms with E-state index in [1.807, 2.05) is 0 Å². The van der Waals surface area contributed by atoms with Gasteiger partial charge in [0, 0.05) is 6.92 Å². The summed E-state index contributed by atoms with van der Waals surface area (Å²) in [6.45, 7) is 1.08. The Balaban J connectivity index is 0. The van der Waals surface area contributed by atoms with Crippen molar-refractivity contribution in [3.63, 3.8) is 0 Å². The quantitative estimate of drug-likeness (QED) is 0.646. The summed E-state index contributed by atoms with van der Waals surface area (Å²) in [4.78, 5) is 18.3. The molecule has 0 radical (unpaired) electrons. The van der Waals surface area contributed by atoms with E-state index in [9.17, 15) is 18.0 Å². The van der Waals surface area contributed by atoms with Gasteiger partial charge in [0.05, 0.1) is 0 Å². The van der Waals surface area contributed by atoms with Gasteiger partial charge in [-0.05, 0) is 0 Å². The van der Waals surface area contributed by atoms with Crippen molar-refractivity contribution >= 4 is 11.9 Å². The number of carbonyl (C=O) groups is 2. The second-order valence-electron chi connectivity index (χ2n) is 1.70. The van der Waals surface area contributed by atoms with Crippen LogP contribution in [0.2, 0.25) is 0 Å². The lowest BCUT2D eigenvalue weighted by molar-refractivity contribution is -0.166. The number of hydrogen-bond acceptors (Lipinski definition) is 2. The van der Waals surface area contributed by atoms with Crippen LogP contribution in [0.25, 0.3) is 0 Å². The molecule has 0 saturated heterocycles. The summed E-state index contributed by atoms with van der Waals surface area (Å²) in [6.07, 6.45) is -6.33. The van der Waals surface area contributed by atoms with Gasteiger partial charge in [-0.15, -0.1) is 0 Å². The van der Waals surface area contributed by atoms with E-state index in [0.29, 0.717) is 0 Å². The fraction of sp³-hybridized carbons (Fsp3) is 0.600. The van der Waals surface area contributed by atoms with E-state index < -0.39 is 24.5 Å². The molecule has 0 amide bonds. The Bertz CT molecular complexity index is 159. The maximum absolute atomic E-state index is 10.9. The first-order valence-corrected chi connectivity index (χ1v) is 2.63. The average molecular weight is 188 g/mol. The van der Waals surface area contributed by atoms with Gasteiger partial charge in [-0.1, -0.05) is 0 Å². The van der Waals surface area contributed by atoms with Crippen LogP contribution in [0.4, 0.5) is 13.2 Å². The SMILES string of the molecule is CC(=O)O.O=C(O)CC(F)(F)F. The Labute approximate surface area is 65.6 Å². The number of aliphatic carboxylic acids is 2. The molecular formula is C5H7F3O4. The topological polar surface area (TPSA) is 74.6 Å². The van der Waals surface area contributed by atoms with Crippen molar-refractivity contribution in [2.45, 2.75) is 19.5 Å². The van der Waals surface area contributed by atoms with E-state index in [1.54, 1.807) is 0 Å². The van der Waals surface area contributed by atoms with Crippen molar-refractivity contribution in [3.05, 3.63) is 0 Å². The molecule has 7 heteroatoms. The molecule has 0 heterocycles. The molecule has 0 aliphatic heterocycles. The van der Waals surface area contributed by atoms with Crippen LogP contribution in [-0.2, 0) is 9.59 Å². The first-order valence-electron chi connectivity index (χ1n) is 2.63. The summed E-state index contributed by atoms with van der Waals surface area (Å²) in [5, 5.41) is 14.9. The van der Waals surface area contributed by atoms with Gasteiger partial charge in [-0.3, -0.25) is 9.59 Å². The number of hydrogen-bond donors (Lipinski definition) is 2. The molecule has 0 aromatic rings. The normalized spacial score (nSPS) is 9.67. The maximum atomic E-state index is 10.9. The van der Waals surface area contributed by atoms with Gasteiger partial charge in [0.25, 0.3) is 5.97 Å². The molecule has 12 heavy (non-hydrogen) atoms. The Hall–Kier alpha value is -1.27. The lowest BCUT2D eigenvalue weighted by atomic mass is 10.4. The molecule has 0 fully saturated rings. The number of carboxylic acid groups (broad SMARTS) is 2. The van der Waals surface area contributed by atoms with Gasteiger partial charge in [0.1, 0.15) is 6.42 Å². The molecule has 0 aromatic carbocycles. The van der Waals surface area contributed by atoms with Gasteiger partial charge in [0.2, 0.25) is 0 Å². The van der Waals surface area contributed by atoms with Gasteiger partial charge in [-0.2, -0.15) is 13.2 Å². The third kappa shape index (κ3) is 37.5. The largest absolute Gasteiger partial charge is 0.481 e.